The van der Waals surface area contributed by atoms with E-state index in [1.165, 1.54) is 9.58 Å². The smallest absolute Gasteiger partial charge is 0.560 e. The maximum Gasteiger partial charge on any atom is 1.00 e. The zero-order chi connectivity index (χ0) is 16.7. The molecular formula is C12H19N4NaO5S. The second-order valence-corrected chi connectivity index (χ2v) is 7.50. The molecule has 9 nitrogen and oxygen atoms in total. The number of carbonyl (C=O) groups is 1. The van der Waals surface area contributed by atoms with Crippen molar-refractivity contribution in [3.05, 3.63) is 11.3 Å². The third kappa shape index (κ3) is 4.83. The van der Waals surface area contributed by atoms with Gasteiger partial charge in [-0.1, -0.05) is 0 Å². The van der Waals surface area contributed by atoms with Crippen LogP contribution >= 0.6 is 0 Å². The van der Waals surface area contributed by atoms with Crippen LogP contribution in [0.3, 0.4) is 0 Å². The molecule has 1 atom stereocenters. The fourth-order valence-corrected chi connectivity index (χ4v) is 2.54. The Labute approximate surface area is 157 Å². The van der Waals surface area contributed by atoms with Crippen molar-refractivity contribution in [3.63, 3.8) is 0 Å². The van der Waals surface area contributed by atoms with E-state index in [4.69, 9.17) is 14.6 Å². The van der Waals surface area contributed by atoms with Gasteiger partial charge in [-0.2, -0.15) is 5.10 Å². The molecule has 1 amide bonds. The number of carbonyl (C=O) groups excluding carboxylic acids is 1. The maximum absolute atomic E-state index is 12.0. The molecule has 0 unspecified atom stereocenters. The quantitative estimate of drug-likeness (QED) is 0.582. The summed E-state index contributed by atoms with van der Waals surface area (Å²) in [6.07, 6.45) is 0.582. The molecule has 1 aromatic rings. The summed E-state index contributed by atoms with van der Waals surface area (Å²) in [5.74, 6) is 0.0313. The van der Waals surface area contributed by atoms with E-state index < -0.39 is 21.7 Å². The molecule has 0 spiro atoms. The van der Waals surface area contributed by atoms with Crippen LogP contribution in [0.5, 0.6) is 5.88 Å². The predicted molar refractivity (Wildman–Crippen MR) is 77.0 cm³/mol. The van der Waals surface area contributed by atoms with Gasteiger partial charge in [0, 0.05) is 7.05 Å². The number of hydrogen-bond donors (Lipinski definition) is 0. The number of aromatic nitrogens is 2. The first kappa shape index (κ1) is 20.2. The first-order valence-corrected chi connectivity index (χ1v) is 8.11. The van der Waals surface area contributed by atoms with Crippen molar-refractivity contribution in [2.75, 3.05) is 13.7 Å². The standard InChI is InChI=1S/C12H19N4O5S.Na/c1-12(2,3)21-11(17)15(4)8-6-16-10(20-7-8)9(5-14-16)22(13,18)19;/h5,8H,6-7H2,1-4H3,(H-,13,18,19);/q-1;+1/t8-;/m1./s1. The molecular weight excluding hydrogens is 335 g/mol. The molecule has 1 N–H and O–H groups in total. The second-order valence-electron chi connectivity index (χ2n) is 6.06. The van der Waals surface area contributed by atoms with E-state index in [2.05, 4.69) is 5.10 Å². The largest absolute Gasteiger partial charge is 1.00 e. The molecule has 0 aliphatic carbocycles. The Morgan fingerprint density at radius 2 is 2.13 bits per heavy atom. The van der Waals surface area contributed by atoms with E-state index in [1.807, 2.05) is 0 Å². The van der Waals surface area contributed by atoms with Gasteiger partial charge in [0.1, 0.15) is 27.1 Å². The number of ether oxygens (including phenoxy) is 2. The number of nitrogens with zero attached hydrogens (tertiary/aromatic N) is 3. The minimum absolute atomic E-state index is 0. The number of fused-ring (bicyclic) bond motifs is 1. The fraction of sp³-hybridized carbons (Fsp3) is 0.667. The van der Waals surface area contributed by atoms with Crippen LogP contribution in [-0.2, 0) is 21.3 Å². The van der Waals surface area contributed by atoms with Crippen molar-refractivity contribution < 1.29 is 52.2 Å². The molecule has 0 fully saturated rings. The normalized spacial score (nSPS) is 17.5. The SMILES string of the molecule is CN(C(=O)OC(C)(C)C)[C@H]1COc2c(S([NH-])(=O)=O)cnn2C1.[Na+]. The summed E-state index contributed by atoms with van der Waals surface area (Å²) in [5.41, 5.74) is -0.607. The van der Waals surface area contributed by atoms with Gasteiger partial charge in [0.25, 0.3) is 0 Å². The van der Waals surface area contributed by atoms with Crippen LogP contribution < -0.4 is 34.3 Å². The predicted octanol–water partition coefficient (Wildman–Crippen LogP) is -1.74. The molecule has 1 aliphatic rings. The second kappa shape index (κ2) is 6.98. The minimum atomic E-state index is -4.14. The molecule has 23 heavy (non-hydrogen) atoms. The number of amides is 1. The summed E-state index contributed by atoms with van der Waals surface area (Å²) in [4.78, 5) is 13.1. The van der Waals surface area contributed by atoms with Crippen LogP contribution in [0.4, 0.5) is 4.79 Å². The molecule has 0 saturated carbocycles. The fourth-order valence-electron chi connectivity index (χ4n) is 1.96. The molecule has 0 saturated heterocycles. The van der Waals surface area contributed by atoms with E-state index >= 15 is 0 Å². The number of rotatable bonds is 2. The van der Waals surface area contributed by atoms with Crippen LogP contribution in [0.1, 0.15) is 20.8 Å². The Morgan fingerprint density at radius 1 is 1.52 bits per heavy atom. The Bertz CT molecular complexity index is 682. The van der Waals surface area contributed by atoms with Crippen LogP contribution in [0.15, 0.2) is 11.1 Å². The van der Waals surface area contributed by atoms with Crippen molar-refractivity contribution in [2.24, 2.45) is 0 Å². The third-order valence-corrected chi connectivity index (χ3v) is 3.93. The average Bonchev–Trinajstić information content (AvgIpc) is 2.78. The van der Waals surface area contributed by atoms with Crippen molar-refractivity contribution in [3.8, 4) is 5.88 Å². The average molecular weight is 354 g/mol. The molecule has 0 radical (unpaired) electrons. The minimum Gasteiger partial charge on any atom is -0.560 e. The molecule has 0 bridgehead atoms. The Hall–Kier alpha value is -0.810. The maximum atomic E-state index is 12.0. The van der Waals surface area contributed by atoms with Crippen molar-refractivity contribution in [1.82, 2.24) is 14.7 Å². The van der Waals surface area contributed by atoms with E-state index in [0.717, 1.165) is 6.20 Å². The molecule has 2 rings (SSSR count). The number of sulfonamides is 1. The molecule has 124 valence electrons. The van der Waals surface area contributed by atoms with Crippen molar-refractivity contribution >= 4 is 16.1 Å². The molecule has 2 heterocycles. The molecule has 1 aliphatic heterocycles. The monoisotopic (exact) mass is 354 g/mol. The van der Waals surface area contributed by atoms with Gasteiger partial charge in [-0.15, -0.1) is 0 Å². The summed E-state index contributed by atoms with van der Waals surface area (Å²) < 4.78 is 34.6. The molecule has 1 aromatic heterocycles. The Balaban J connectivity index is 0.00000264. The Morgan fingerprint density at radius 3 is 2.65 bits per heavy atom. The summed E-state index contributed by atoms with van der Waals surface area (Å²) in [7, 11) is -2.56. The summed E-state index contributed by atoms with van der Waals surface area (Å²) >= 11 is 0. The van der Waals surface area contributed by atoms with Crippen LogP contribution in [0.25, 0.3) is 5.14 Å². The van der Waals surface area contributed by atoms with Crippen LogP contribution in [-0.4, -0.2) is 54.5 Å². The first-order chi connectivity index (χ1) is 9.99. The molecule has 0 aromatic carbocycles. The van der Waals surface area contributed by atoms with Gasteiger partial charge >= 0.3 is 35.7 Å². The summed E-state index contributed by atoms with van der Waals surface area (Å²) in [6.45, 7) is 5.68. The number of hydrogen-bond acceptors (Lipinski definition) is 6. The van der Waals surface area contributed by atoms with E-state index in [-0.39, 0.29) is 59.5 Å². The third-order valence-electron chi connectivity index (χ3n) is 3.07. The van der Waals surface area contributed by atoms with E-state index in [1.54, 1.807) is 27.8 Å². The van der Waals surface area contributed by atoms with E-state index in [9.17, 15) is 13.2 Å². The summed E-state index contributed by atoms with van der Waals surface area (Å²) in [5, 5.41) is 11.0. The van der Waals surface area contributed by atoms with Gasteiger partial charge in [0.2, 0.25) is 5.88 Å². The zero-order valence-electron chi connectivity index (χ0n) is 13.9. The van der Waals surface area contributed by atoms with Gasteiger partial charge in [0.05, 0.1) is 18.8 Å². The first-order valence-electron chi connectivity index (χ1n) is 6.63. The van der Waals surface area contributed by atoms with Crippen LogP contribution in [0, 0.1) is 0 Å². The van der Waals surface area contributed by atoms with Gasteiger partial charge in [-0.25, -0.2) is 17.9 Å². The number of nitrogens with one attached hydrogen (secondary N) is 1. The van der Waals surface area contributed by atoms with Gasteiger partial charge < -0.3 is 19.5 Å². The van der Waals surface area contributed by atoms with Crippen molar-refractivity contribution in [1.29, 1.82) is 0 Å². The Kier molecular flexibility index (Phi) is 6.14. The molecule has 11 heteroatoms. The summed E-state index contributed by atoms with van der Waals surface area (Å²) in [6, 6.07) is -0.344. The zero-order valence-corrected chi connectivity index (χ0v) is 16.7. The van der Waals surface area contributed by atoms with E-state index in [0.29, 0.717) is 0 Å². The van der Waals surface area contributed by atoms with Crippen LogP contribution in [0.2, 0.25) is 0 Å². The topological polar surface area (TPSA) is 115 Å². The number of likely N-dealkylation sites (N-methyl/N-ethyl adjacent to an activating group) is 1. The van der Waals surface area contributed by atoms with Gasteiger partial charge in [0.15, 0.2) is 0 Å². The van der Waals surface area contributed by atoms with Gasteiger partial charge in [-0.3, -0.25) is 0 Å². The van der Waals surface area contributed by atoms with Gasteiger partial charge in [-0.05, 0) is 20.8 Å². The van der Waals surface area contributed by atoms with Crippen molar-refractivity contribution in [2.45, 2.75) is 43.9 Å².